The molecule has 0 bridgehead atoms. The number of aliphatic hydroxyl groups is 1. The van der Waals surface area contributed by atoms with Crippen molar-refractivity contribution >= 4 is 11.3 Å². The van der Waals surface area contributed by atoms with Crippen LogP contribution in [0.4, 0.5) is 0 Å². The summed E-state index contributed by atoms with van der Waals surface area (Å²) < 4.78 is 0. The molecule has 1 aromatic carbocycles. The van der Waals surface area contributed by atoms with Gasteiger partial charge in [0.15, 0.2) is 0 Å². The minimum Gasteiger partial charge on any atom is -0.396 e. The number of aliphatic hydroxyl groups excluding tert-OH is 1. The quantitative estimate of drug-likeness (QED) is 0.810. The molecule has 2 N–H and O–H groups in total. The molecular weight excluding hydrogens is 266 g/mol. The van der Waals surface area contributed by atoms with Crippen LogP contribution in [0.3, 0.4) is 0 Å². The SMILES string of the molecule is CC(C)(CCO)CNCc1ccc(-c2ccccc2)s1. The molecule has 0 spiro atoms. The second-order valence-corrected chi connectivity index (χ2v) is 7.04. The molecule has 0 saturated carbocycles. The summed E-state index contributed by atoms with van der Waals surface area (Å²) in [5.74, 6) is 0. The Morgan fingerprint density at radius 3 is 2.55 bits per heavy atom. The molecule has 0 amide bonds. The molecule has 0 saturated heterocycles. The second-order valence-electron chi connectivity index (χ2n) is 5.87. The standard InChI is InChI=1S/C17H23NOS/c1-17(2,10-11-19)13-18-12-15-8-9-16(20-15)14-6-4-3-5-7-14/h3-9,18-19H,10-13H2,1-2H3. The van der Waals surface area contributed by atoms with Crippen LogP contribution in [-0.2, 0) is 6.54 Å². The van der Waals surface area contributed by atoms with Crippen molar-refractivity contribution in [3.05, 3.63) is 47.3 Å². The molecule has 2 nitrogen and oxygen atoms in total. The lowest BCUT2D eigenvalue weighted by molar-refractivity contribution is 0.207. The lowest BCUT2D eigenvalue weighted by atomic mass is 9.90. The van der Waals surface area contributed by atoms with E-state index in [1.165, 1.54) is 15.3 Å². The second kappa shape index (κ2) is 7.02. The van der Waals surface area contributed by atoms with Gasteiger partial charge in [0.1, 0.15) is 0 Å². The molecule has 0 aliphatic heterocycles. The maximum atomic E-state index is 9.02. The van der Waals surface area contributed by atoms with E-state index in [0.717, 1.165) is 19.5 Å². The van der Waals surface area contributed by atoms with E-state index in [2.05, 4.69) is 55.6 Å². The fourth-order valence-electron chi connectivity index (χ4n) is 2.15. The largest absolute Gasteiger partial charge is 0.396 e. The summed E-state index contributed by atoms with van der Waals surface area (Å²) in [4.78, 5) is 2.67. The smallest absolute Gasteiger partial charge is 0.0436 e. The molecular formula is C17H23NOS. The monoisotopic (exact) mass is 289 g/mol. The van der Waals surface area contributed by atoms with Crippen LogP contribution >= 0.6 is 11.3 Å². The van der Waals surface area contributed by atoms with E-state index >= 15 is 0 Å². The maximum absolute atomic E-state index is 9.02. The maximum Gasteiger partial charge on any atom is 0.0436 e. The summed E-state index contributed by atoms with van der Waals surface area (Å²) in [5, 5.41) is 12.5. The van der Waals surface area contributed by atoms with E-state index in [0.29, 0.717) is 0 Å². The molecule has 0 unspecified atom stereocenters. The van der Waals surface area contributed by atoms with Gasteiger partial charge in [-0.15, -0.1) is 11.3 Å². The van der Waals surface area contributed by atoms with Crippen LogP contribution in [0.15, 0.2) is 42.5 Å². The summed E-state index contributed by atoms with van der Waals surface area (Å²) in [6.45, 7) is 6.43. The van der Waals surface area contributed by atoms with Gasteiger partial charge in [-0.05, 0) is 29.5 Å². The number of hydrogen-bond donors (Lipinski definition) is 2. The van der Waals surface area contributed by atoms with E-state index in [-0.39, 0.29) is 12.0 Å². The Bertz CT molecular complexity index is 519. The fourth-order valence-corrected chi connectivity index (χ4v) is 3.13. The van der Waals surface area contributed by atoms with Crippen LogP contribution in [-0.4, -0.2) is 18.3 Å². The van der Waals surface area contributed by atoms with Crippen molar-refractivity contribution in [1.82, 2.24) is 5.32 Å². The Labute approximate surface area is 125 Å². The average molecular weight is 289 g/mol. The zero-order valence-corrected chi connectivity index (χ0v) is 13.0. The third-order valence-electron chi connectivity index (χ3n) is 3.41. The highest BCUT2D eigenvalue weighted by Gasteiger charge is 2.16. The molecule has 0 fully saturated rings. The molecule has 1 aromatic heterocycles. The van der Waals surface area contributed by atoms with E-state index in [1.54, 1.807) is 0 Å². The van der Waals surface area contributed by atoms with Crippen LogP contribution in [0.1, 0.15) is 25.1 Å². The van der Waals surface area contributed by atoms with Gasteiger partial charge >= 0.3 is 0 Å². The van der Waals surface area contributed by atoms with Crippen molar-refractivity contribution in [3.63, 3.8) is 0 Å². The molecule has 2 rings (SSSR count). The summed E-state index contributed by atoms with van der Waals surface area (Å²) >= 11 is 1.84. The molecule has 0 aliphatic rings. The fraction of sp³-hybridized carbons (Fsp3) is 0.412. The van der Waals surface area contributed by atoms with Crippen LogP contribution in [0.5, 0.6) is 0 Å². The van der Waals surface area contributed by atoms with Crippen molar-refractivity contribution < 1.29 is 5.11 Å². The van der Waals surface area contributed by atoms with Crippen LogP contribution < -0.4 is 5.32 Å². The van der Waals surface area contributed by atoms with E-state index in [1.807, 2.05) is 17.4 Å². The topological polar surface area (TPSA) is 32.3 Å². The third kappa shape index (κ3) is 4.44. The number of nitrogens with one attached hydrogen (secondary N) is 1. The Kier molecular flexibility index (Phi) is 5.35. The average Bonchev–Trinajstić information content (AvgIpc) is 2.88. The molecule has 20 heavy (non-hydrogen) atoms. The van der Waals surface area contributed by atoms with Crippen LogP contribution in [0.2, 0.25) is 0 Å². The molecule has 2 aromatic rings. The van der Waals surface area contributed by atoms with E-state index in [9.17, 15) is 0 Å². The van der Waals surface area contributed by atoms with Crippen LogP contribution in [0, 0.1) is 5.41 Å². The molecule has 3 heteroatoms. The van der Waals surface area contributed by atoms with Gasteiger partial charge in [-0.3, -0.25) is 0 Å². The molecule has 0 radical (unpaired) electrons. The Balaban J connectivity index is 1.88. The summed E-state index contributed by atoms with van der Waals surface area (Å²) in [6, 6.07) is 14.9. The zero-order chi connectivity index (χ0) is 14.4. The first kappa shape index (κ1) is 15.2. The van der Waals surface area contributed by atoms with E-state index < -0.39 is 0 Å². The molecule has 108 valence electrons. The first-order valence-corrected chi connectivity index (χ1v) is 7.88. The van der Waals surface area contributed by atoms with Gasteiger partial charge in [0.05, 0.1) is 0 Å². The molecule has 0 atom stereocenters. The molecule has 0 aliphatic carbocycles. The molecule has 1 heterocycles. The van der Waals surface area contributed by atoms with Crippen molar-refractivity contribution in [2.75, 3.05) is 13.2 Å². The van der Waals surface area contributed by atoms with Gasteiger partial charge < -0.3 is 10.4 Å². The minimum absolute atomic E-state index is 0.147. The van der Waals surface area contributed by atoms with Crippen molar-refractivity contribution in [2.24, 2.45) is 5.41 Å². The summed E-state index contributed by atoms with van der Waals surface area (Å²) in [5.41, 5.74) is 1.43. The van der Waals surface area contributed by atoms with E-state index in [4.69, 9.17) is 5.11 Å². The van der Waals surface area contributed by atoms with Crippen molar-refractivity contribution in [1.29, 1.82) is 0 Å². The lowest BCUT2D eigenvalue weighted by Gasteiger charge is -2.23. The predicted octanol–water partition coefficient (Wildman–Crippen LogP) is 3.91. The highest BCUT2D eigenvalue weighted by Crippen LogP contribution is 2.28. The number of benzene rings is 1. The predicted molar refractivity (Wildman–Crippen MR) is 86.9 cm³/mol. The highest BCUT2D eigenvalue weighted by molar-refractivity contribution is 7.15. The van der Waals surface area contributed by atoms with Crippen molar-refractivity contribution in [2.45, 2.75) is 26.8 Å². The Morgan fingerprint density at radius 2 is 1.85 bits per heavy atom. The van der Waals surface area contributed by atoms with Crippen molar-refractivity contribution in [3.8, 4) is 10.4 Å². The third-order valence-corrected chi connectivity index (χ3v) is 4.55. The summed E-state index contributed by atoms with van der Waals surface area (Å²) in [6.07, 6.45) is 0.833. The first-order chi connectivity index (χ1) is 9.61. The number of thiophene rings is 1. The van der Waals surface area contributed by atoms with Gasteiger partial charge in [-0.2, -0.15) is 0 Å². The normalized spacial score (nSPS) is 11.8. The van der Waals surface area contributed by atoms with Gasteiger partial charge in [0.2, 0.25) is 0 Å². The zero-order valence-electron chi connectivity index (χ0n) is 12.2. The Morgan fingerprint density at radius 1 is 1.10 bits per heavy atom. The van der Waals surface area contributed by atoms with Crippen LogP contribution in [0.25, 0.3) is 10.4 Å². The van der Waals surface area contributed by atoms with Gasteiger partial charge in [0.25, 0.3) is 0 Å². The summed E-state index contributed by atoms with van der Waals surface area (Å²) in [7, 11) is 0. The van der Waals surface area contributed by atoms with Gasteiger partial charge in [-0.25, -0.2) is 0 Å². The van der Waals surface area contributed by atoms with Gasteiger partial charge in [-0.1, -0.05) is 44.2 Å². The minimum atomic E-state index is 0.147. The highest BCUT2D eigenvalue weighted by atomic mass is 32.1. The first-order valence-electron chi connectivity index (χ1n) is 7.06. The lowest BCUT2D eigenvalue weighted by Crippen LogP contribution is -2.29. The number of rotatable bonds is 7. The number of hydrogen-bond acceptors (Lipinski definition) is 3. The Hall–Kier alpha value is -1.16. The van der Waals surface area contributed by atoms with Gasteiger partial charge in [0, 0.05) is 29.5 Å².